The third-order valence-corrected chi connectivity index (χ3v) is 3.52. The summed E-state index contributed by atoms with van der Waals surface area (Å²) >= 11 is 0. The molecule has 6 nitrogen and oxygen atoms in total. The highest BCUT2D eigenvalue weighted by Gasteiger charge is 2.31. The first-order chi connectivity index (χ1) is 8.72. The van der Waals surface area contributed by atoms with Crippen molar-refractivity contribution in [3.8, 4) is 0 Å². The van der Waals surface area contributed by atoms with Gasteiger partial charge in [-0.3, -0.25) is 14.8 Å². The molecule has 1 aromatic rings. The Hall–Kier alpha value is -1.43. The maximum Gasteiger partial charge on any atom is 0.313 e. The van der Waals surface area contributed by atoms with Crippen LogP contribution in [0.1, 0.15) is 39.1 Å². The van der Waals surface area contributed by atoms with E-state index in [2.05, 4.69) is 31.2 Å². The second-order valence-corrected chi connectivity index (χ2v) is 5.89. The van der Waals surface area contributed by atoms with E-state index in [1.54, 1.807) is 11.7 Å². The van der Waals surface area contributed by atoms with Crippen molar-refractivity contribution in [3.05, 3.63) is 21.5 Å². The van der Waals surface area contributed by atoms with Crippen LogP contribution in [0.4, 0.5) is 5.69 Å². The molecule has 108 valence electrons. The smallest absolute Gasteiger partial charge is 0.313 e. The van der Waals surface area contributed by atoms with Gasteiger partial charge in [0.1, 0.15) is 11.4 Å². The Bertz CT molecular complexity index is 460. The van der Waals surface area contributed by atoms with E-state index in [9.17, 15) is 10.1 Å². The monoisotopic (exact) mass is 268 g/mol. The fraction of sp³-hybridized carbons (Fsp3) is 0.769. The highest BCUT2D eigenvalue weighted by Crippen LogP contribution is 2.29. The van der Waals surface area contributed by atoms with Gasteiger partial charge in [-0.15, -0.1) is 0 Å². The lowest BCUT2D eigenvalue weighted by Gasteiger charge is -2.30. The third kappa shape index (κ3) is 3.32. The summed E-state index contributed by atoms with van der Waals surface area (Å²) in [4.78, 5) is 11.0. The first kappa shape index (κ1) is 15.6. The zero-order valence-electron chi connectivity index (χ0n) is 12.6. The number of nitrogens with zero attached hydrogens (tertiary/aromatic N) is 3. The summed E-state index contributed by atoms with van der Waals surface area (Å²) in [5.74, 6) is 0. The Morgan fingerprint density at radius 3 is 2.42 bits per heavy atom. The van der Waals surface area contributed by atoms with Gasteiger partial charge in [0.25, 0.3) is 0 Å². The molecule has 1 aromatic heterocycles. The van der Waals surface area contributed by atoms with Crippen molar-refractivity contribution in [2.24, 2.45) is 12.5 Å². The summed E-state index contributed by atoms with van der Waals surface area (Å²) in [6.45, 7) is 8.25. The zero-order valence-corrected chi connectivity index (χ0v) is 12.6. The van der Waals surface area contributed by atoms with E-state index in [-0.39, 0.29) is 22.1 Å². The van der Waals surface area contributed by atoms with E-state index in [1.807, 2.05) is 14.0 Å². The van der Waals surface area contributed by atoms with Crippen LogP contribution >= 0.6 is 0 Å². The second kappa shape index (κ2) is 5.69. The minimum Gasteiger partial charge on any atom is -0.316 e. The van der Waals surface area contributed by atoms with Gasteiger partial charge in [-0.25, -0.2) is 0 Å². The molecular weight excluding hydrogens is 244 g/mol. The lowest BCUT2D eigenvalue weighted by atomic mass is 9.84. The Morgan fingerprint density at radius 2 is 2.05 bits per heavy atom. The quantitative estimate of drug-likeness (QED) is 0.655. The van der Waals surface area contributed by atoms with Crippen molar-refractivity contribution < 1.29 is 4.92 Å². The molecule has 0 aliphatic carbocycles. The van der Waals surface area contributed by atoms with Crippen LogP contribution in [-0.4, -0.2) is 27.8 Å². The topological polar surface area (TPSA) is 73.0 Å². The SMILES string of the molecule is CCc1nn(C)c(CC(NC)C(C)(C)C)c1[N+](=O)[O-]. The number of nitro groups is 1. The van der Waals surface area contributed by atoms with Gasteiger partial charge in [0, 0.05) is 19.5 Å². The maximum atomic E-state index is 11.3. The number of aromatic nitrogens is 2. The molecule has 1 N–H and O–H groups in total. The van der Waals surface area contributed by atoms with E-state index >= 15 is 0 Å². The number of nitrogens with one attached hydrogen (secondary N) is 1. The number of rotatable bonds is 5. The largest absolute Gasteiger partial charge is 0.316 e. The average Bonchev–Trinajstić information content (AvgIpc) is 2.60. The van der Waals surface area contributed by atoms with Crippen LogP contribution in [0.25, 0.3) is 0 Å². The van der Waals surface area contributed by atoms with Gasteiger partial charge >= 0.3 is 5.69 Å². The highest BCUT2D eigenvalue weighted by molar-refractivity contribution is 5.42. The summed E-state index contributed by atoms with van der Waals surface area (Å²) in [6, 6.07) is 0.159. The summed E-state index contributed by atoms with van der Waals surface area (Å²) in [5, 5.41) is 18.8. The molecule has 1 rings (SSSR count). The van der Waals surface area contributed by atoms with Crippen molar-refractivity contribution in [2.75, 3.05) is 7.05 Å². The molecule has 1 unspecified atom stereocenters. The van der Waals surface area contributed by atoms with E-state index in [0.717, 1.165) is 0 Å². The van der Waals surface area contributed by atoms with E-state index < -0.39 is 0 Å². The van der Waals surface area contributed by atoms with Crippen LogP contribution in [0.15, 0.2) is 0 Å². The highest BCUT2D eigenvalue weighted by atomic mass is 16.6. The molecular formula is C13H24N4O2. The standard InChI is InChI=1S/C13H24N4O2/c1-7-9-12(17(18)19)10(16(6)15-9)8-11(14-5)13(2,3)4/h11,14H,7-8H2,1-6H3. The first-order valence-electron chi connectivity index (χ1n) is 6.58. The van der Waals surface area contributed by atoms with Crippen molar-refractivity contribution >= 4 is 5.69 Å². The zero-order chi connectivity index (χ0) is 14.8. The van der Waals surface area contributed by atoms with Gasteiger partial charge in [-0.1, -0.05) is 27.7 Å². The number of hydrogen-bond donors (Lipinski definition) is 1. The predicted octanol–water partition coefficient (Wildman–Crippen LogP) is 2.07. The fourth-order valence-electron chi connectivity index (χ4n) is 2.32. The Balaban J connectivity index is 3.20. The van der Waals surface area contributed by atoms with Crippen LogP contribution in [0, 0.1) is 15.5 Å². The summed E-state index contributed by atoms with van der Waals surface area (Å²) in [5.41, 5.74) is 1.45. The van der Waals surface area contributed by atoms with Gasteiger partial charge in [-0.2, -0.15) is 5.10 Å². The van der Waals surface area contributed by atoms with E-state index in [4.69, 9.17) is 0 Å². The van der Waals surface area contributed by atoms with Gasteiger partial charge in [0.2, 0.25) is 0 Å². The second-order valence-electron chi connectivity index (χ2n) is 5.89. The maximum absolute atomic E-state index is 11.3. The summed E-state index contributed by atoms with van der Waals surface area (Å²) < 4.78 is 1.65. The normalized spacial score (nSPS) is 13.6. The van der Waals surface area contributed by atoms with E-state index in [1.165, 1.54) is 0 Å². The van der Waals surface area contributed by atoms with Crippen LogP contribution in [0.2, 0.25) is 0 Å². The third-order valence-electron chi connectivity index (χ3n) is 3.52. The Labute approximate surface area is 114 Å². The molecule has 1 atom stereocenters. The van der Waals surface area contributed by atoms with Crippen LogP contribution in [0.5, 0.6) is 0 Å². The molecule has 6 heteroatoms. The Kier molecular flexibility index (Phi) is 4.68. The minimum atomic E-state index is -0.309. The van der Waals surface area contributed by atoms with Crippen molar-refractivity contribution in [3.63, 3.8) is 0 Å². The molecule has 0 fully saturated rings. The van der Waals surface area contributed by atoms with Crippen LogP contribution < -0.4 is 5.32 Å². The van der Waals surface area contributed by atoms with Crippen molar-refractivity contribution in [2.45, 2.75) is 46.6 Å². The van der Waals surface area contributed by atoms with Crippen molar-refractivity contribution in [1.29, 1.82) is 0 Å². The summed E-state index contributed by atoms with van der Waals surface area (Å²) in [6.07, 6.45) is 1.17. The first-order valence-corrected chi connectivity index (χ1v) is 6.58. The number of aryl methyl sites for hydroxylation is 2. The van der Waals surface area contributed by atoms with Crippen LogP contribution in [0.3, 0.4) is 0 Å². The lowest BCUT2D eigenvalue weighted by Crippen LogP contribution is -2.40. The molecule has 1 heterocycles. The molecule has 0 saturated carbocycles. The van der Waals surface area contributed by atoms with Gasteiger partial charge in [0.05, 0.1) is 4.92 Å². The number of likely N-dealkylation sites (N-methyl/N-ethyl adjacent to an activating group) is 1. The molecule has 0 bridgehead atoms. The van der Waals surface area contributed by atoms with Gasteiger partial charge in [-0.05, 0) is 18.9 Å². The minimum absolute atomic E-state index is 0.0271. The molecule has 0 spiro atoms. The molecule has 0 radical (unpaired) electrons. The lowest BCUT2D eigenvalue weighted by molar-refractivity contribution is -0.386. The molecule has 0 saturated heterocycles. The molecule has 0 aliphatic rings. The van der Waals surface area contributed by atoms with Gasteiger partial charge in [0.15, 0.2) is 0 Å². The molecule has 0 aliphatic heterocycles. The molecule has 19 heavy (non-hydrogen) atoms. The predicted molar refractivity (Wildman–Crippen MR) is 75.2 cm³/mol. The van der Waals surface area contributed by atoms with E-state index in [0.29, 0.717) is 24.2 Å². The van der Waals surface area contributed by atoms with Crippen molar-refractivity contribution in [1.82, 2.24) is 15.1 Å². The average molecular weight is 268 g/mol. The Morgan fingerprint density at radius 1 is 1.47 bits per heavy atom. The van der Waals surface area contributed by atoms with Gasteiger partial charge < -0.3 is 5.32 Å². The fourth-order valence-corrected chi connectivity index (χ4v) is 2.32. The molecule has 0 amide bonds. The number of hydrogen-bond acceptors (Lipinski definition) is 4. The van der Waals surface area contributed by atoms with Crippen LogP contribution in [-0.2, 0) is 19.9 Å². The summed E-state index contributed by atoms with van der Waals surface area (Å²) in [7, 11) is 3.66. The molecule has 0 aromatic carbocycles.